The molecule has 4 nitrogen and oxygen atoms in total. The molecule has 0 atom stereocenters. The first kappa shape index (κ1) is 14.0. The molecule has 0 radical (unpaired) electrons. The van der Waals surface area contributed by atoms with E-state index in [1.807, 2.05) is 4.93 Å². The van der Waals surface area contributed by atoms with Crippen LogP contribution in [0.4, 0.5) is 4.79 Å². The van der Waals surface area contributed by atoms with Gasteiger partial charge in [-0.2, -0.15) is 0 Å². The van der Waals surface area contributed by atoms with Gasteiger partial charge in [0.05, 0.1) is 0 Å². The molecule has 0 saturated carbocycles. The molecule has 0 aromatic rings. The normalized spacial score (nSPS) is 10.6. The van der Waals surface area contributed by atoms with Gasteiger partial charge in [-0.3, -0.25) is 0 Å². The zero-order valence-corrected chi connectivity index (χ0v) is 11.2. The summed E-state index contributed by atoms with van der Waals surface area (Å²) in [6.45, 7) is 7.77. The monoisotopic (exact) mass is 316 g/mol. The number of halogens is 1. The number of hydrogen-bond donors (Lipinski definition) is 0. The fraction of sp³-hybridized carbons (Fsp3) is 0.889. The standard InChI is InChI=1S/C9H19INO3/c1-4-11(5-2)7-6-8-13-9(12)14-10-3/h4-8H2,1-3H3/q-1. The van der Waals surface area contributed by atoms with Crippen LogP contribution >= 0.6 is 0 Å². The first-order valence-corrected chi connectivity index (χ1v) is 7.83. The van der Waals surface area contributed by atoms with E-state index in [9.17, 15) is 4.79 Å². The molecular formula is C9H19INO3-. The fourth-order valence-electron chi connectivity index (χ4n) is 1.07. The Labute approximate surface area is 96.7 Å². The van der Waals surface area contributed by atoms with Crippen LogP contribution in [0.15, 0.2) is 0 Å². The Morgan fingerprint density at radius 1 is 1.36 bits per heavy atom. The van der Waals surface area contributed by atoms with Crippen molar-refractivity contribution >= 4 is 6.16 Å². The summed E-state index contributed by atoms with van der Waals surface area (Å²) in [6.07, 6.45) is 0.360. The molecule has 0 fully saturated rings. The second-order valence-corrected chi connectivity index (χ2v) is 4.03. The number of rotatable bonds is 7. The average Bonchev–Trinajstić information content (AvgIpc) is 2.19. The SMILES string of the molecule is CCN(CC)CCCOC(=O)O[I-]C. The van der Waals surface area contributed by atoms with Crippen molar-refractivity contribution in [3.8, 4) is 0 Å². The van der Waals surface area contributed by atoms with Crippen LogP contribution in [0.5, 0.6) is 0 Å². The minimum absolute atomic E-state index is 0.457. The summed E-state index contributed by atoms with van der Waals surface area (Å²) in [7, 11) is 0. The van der Waals surface area contributed by atoms with Gasteiger partial charge in [0.2, 0.25) is 0 Å². The van der Waals surface area contributed by atoms with Gasteiger partial charge in [-0.05, 0) is 0 Å². The van der Waals surface area contributed by atoms with Crippen LogP contribution in [0.1, 0.15) is 20.3 Å². The van der Waals surface area contributed by atoms with E-state index in [0.29, 0.717) is 6.61 Å². The van der Waals surface area contributed by atoms with Gasteiger partial charge in [0.25, 0.3) is 0 Å². The zero-order chi connectivity index (χ0) is 10.8. The van der Waals surface area contributed by atoms with Crippen LogP contribution in [0.2, 0.25) is 0 Å². The van der Waals surface area contributed by atoms with E-state index in [2.05, 4.69) is 18.7 Å². The second kappa shape index (κ2) is 9.51. The average molecular weight is 316 g/mol. The van der Waals surface area contributed by atoms with Crippen LogP contribution in [0.25, 0.3) is 0 Å². The molecule has 0 aromatic carbocycles. The molecule has 86 valence electrons. The maximum atomic E-state index is 10.8. The van der Waals surface area contributed by atoms with Crippen molar-refractivity contribution in [1.82, 2.24) is 4.90 Å². The number of alkyl halides is 1. The quantitative estimate of drug-likeness (QED) is 0.248. The Kier molecular flexibility index (Phi) is 9.49. The van der Waals surface area contributed by atoms with Gasteiger partial charge in [-0.25, -0.2) is 0 Å². The topological polar surface area (TPSA) is 38.8 Å². The summed E-state index contributed by atoms with van der Waals surface area (Å²) < 4.78 is 9.60. The first-order chi connectivity index (χ1) is 6.74. The predicted molar refractivity (Wildman–Crippen MR) is 50.8 cm³/mol. The van der Waals surface area contributed by atoms with Crippen molar-refractivity contribution in [2.24, 2.45) is 0 Å². The summed E-state index contributed by atoms with van der Waals surface area (Å²) in [5.41, 5.74) is 0. The Balaban J connectivity index is 3.32. The molecule has 0 aromatic heterocycles. The van der Waals surface area contributed by atoms with Gasteiger partial charge in [-0.15, -0.1) is 0 Å². The van der Waals surface area contributed by atoms with E-state index in [0.717, 1.165) is 26.1 Å². The third-order valence-corrected chi connectivity index (χ3v) is 2.67. The summed E-state index contributed by atoms with van der Waals surface area (Å²) in [5, 5.41) is 0. The Morgan fingerprint density at radius 2 is 2.00 bits per heavy atom. The molecule has 0 bridgehead atoms. The van der Waals surface area contributed by atoms with Gasteiger partial charge >= 0.3 is 96.7 Å². The van der Waals surface area contributed by atoms with E-state index >= 15 is 0 Å². The molecule has 0 aliphatic heterocycles. The van der Waals surface area contributed by atoms with E-state index in [-0.39, 0.29) is 0 Å². The van der Waals surface area contributed by atoms with E-state index in [4.69, 9.17) is 7.80 Å². The van der Waals surface area contributed by atoms with Gasteiger partial charge in [0.1, 0.15) is 0 Å². The van der Waals surface area contributed by atoms with Crippen LogP contribution in [0, 0.1) is 0 Å². The van der Waals surface area contributed by atoms with Crippen molar-refractivity contribution < 1.29 is 34.2 Å². The summed E-state index contributed by atoms with van der Waals surface area (Å²) in [5.74, 6) is 0. The van der Waals surface area contributed by atoms with Gasteiger partial charge in [0.15, 0.2) is 0 Å². The molecule has 0 aliphatic rings. The van der Waals surface area contributed by atoms with E-state index < -0.39 is 27.8 Å². The number of carbonyl (C=O) groups is 1. The predicted octanol–water partition coefficient (Wildman–Crippen LogP) is -1.49. The van der Waals surface area contributed by atoms with Gasteiger partial charge in [0, 0.05) is 0 Å². The van der Waals surface area contributed by atoms with Gasteiger partial charge in [-0.1, -0.05) is 0 Å². The number of ether oxygens (including phenoxy) is 1. The number of nitrogens with zero attached hydrogens (tertiary/aromatic N) is 1. The van der Waals surface area contributed by atoms with Crippen molar-refractivity contribution in [3.63, 3.8) is 0 Å². The minimum atomic E-state index is -0.514. The van der Waals surface area contributed by atoms with Crippen molar-refractivity contribution in [2.75, 3.05) is 31.2 Å². The van der Waals surface area contributed by atoms with E-state index in [1.54, 1.807) is 0 Å². The molecule has 5 heteroatoms. The summed E-state index contributed by atoms with van der Waals surface area (Å²) >= 11 is -0.459. The Morgan fingerprint density at radius 3 is 2.50 bits per heavy atom. The number of carbonyl (C=O) groups excluding carboxylic acids is 1. The van der Waals surface area contributed by atoms with Crippen LogP contribution in [-0.2, 0) is 7.80 Å². The van der Waals surface area contributed by atoms with Gasteiger partial charge < -0.3 is 0 Å². The van der Waals surface area contributed by atoms with Crippen LogP contribution in [0.3, 0.4) is 0 Å². The molecule has 0 amide bonds. The van der Waals surface area contributed by atoms with Crippen LogP contribution < -0.4 is 21.6 Å². The number of hydrogen-bond acceptors (Lipinski definition) is 4. The zero-order valence-electron chi connectivity index (χ0n) is 9.09. The Hall–Kier alpha value is -0.0400. The molecule has 0 spiro atoms. The van der Waals surface area contributed by atoms with E-state index in [1.165, 1.54) is 0 Å². The summed E-state index contributed by atoms with van der Waals surface area (Å²) in [6, 6.07) is 0. The summed E-state index contributed by atoms with van der Waals surface area (Å²) in [4.78, 5) is 15.0. The molecule has 0 saturated heterocycles. The molecule has 0 rings (SSSR count). The third-order valence-electron chi connectivity index (χ3n) is 1.87. The third kappa shape index (κ3) is 7.37. The fourth-order valence-corrected chi connectivity index (χ4v) is 1.56. The molecular weight excluding hydrogens is 297 g/mol. The molecule has 14 heavy (non-hydrogen) atoms. The van der Waals surface area contributed by atoms with Crippen molar-refractivity contribution in [2.45, 2.75) is 20.3 Å². The molecule has 0 heterocycles. The Bertz CT molecular complexity index is 151. The second-order valence-electron chi connectivity index (χ2n) is 2.71. The molecule has 0 N–H and O–H groups in total. The molecule has 0 unspecified atom stereocenters. The van der Waals surface area contributed by atoms with Crippen molar-refractivity contribution in [1.29, 1.82) is 0 Å². The maximum absolute atomic E-state index is 10.8. The van der Waals surface area contributed by atoms with Crippen molar-refractivity contribution in [3.05, 3.63) is 0 Å². The van der Waals surface area contributed by atoms with Crippen LogP contribution in [-0.4, -0.2) is 42.2 Å². The first-order valence-electron chi connectivity index (χ1n) is 4.80. The molecule has 0 aliphatic carbocycles.